The Balaban J connectivity index is 2.79. The molecule has 1 atom stereocenters. The maximum absolute atomic E-state index is 11.2. The van der Waals surface area contributed by atoms with Gasteiger partial charge >= 0.3 is 0 Å². The molecule has 7 heteroatoms. The highest BCUT2D eigenvalue weighted by atomic mass is 32.2. The number of hydrogen-bond acceptors (Lipinski definition) is 5. The summed E-state index contributed by atoms with van der Waals surface area (Å²) in [5, 5.41) is 5.01. The number of benzene rings is 1. The molecule has 0 amide bonds. The molecule has 0 aliphatic rings. The predicted octanol–water partition coefficient (Wildman–Crippen LogP) is 0.720. The lowest BCUT2D eigenvalue weighted by molar-refractivity contribution is 0.0657. The van der Waals surface area contributed by atoms with E-state index in [2.05, 4.69) is 0 Å². The van der Waals surface area contributed by atoms with E-state index < -0.39 is 10.0 Å². The van der Waals surface area contributed by atoms with Crippen LogP contribution in [0.1, 0.15) is 13.8 Å². The third-order valence-corrected chi connectivity index (χ3v) is 3.17. The van der Waals surface area contributed by atoms with Crippen LogP contribution in [0.2, 0.25) is 0 Å². The lowest BCUT2D eigenvalue weighted by atomic mass is 10.3. The fourth-order valence-corrected chi connectivity index (χ4v) is 2.05. The largest absolute Gasteiger partial charge is 0.488 e. The molecule has 0 saturated carbocycles. The van der Waals surface area contributed by atoms with Gasteiger partial charge in [0, 0.05) is 12.7 Å². The summed E-state index contributed by atoms with van der Waals surface area (Å²) in [7, 11) is -3.80. The van der Waals surface area contributed by atoms with Gasteiger partial charge in [-0.3, -0.25) is 0 Å². The van der Waals surface area contributed by atoms with Gasteiger partial charge in [-0.1, -0.05) is 0 Å². The van der Waals surface area contributed by atoms with Crippen molar-refractivity contribution < 1.29 is 17.9 Å². The number of nitrogens with two attached hydrogens (primary N) is 2. The summed E-state index contributed by atoms with van der Waals surface area (Å²) in [4.78, 5) is -0.104. The standard InChI is InChI=1S/C11H18N2O4S/c1-3-16-7-8(2)17-9-4-5-11(10(12)6-9)18(13,14)15/h4-6,8H,3,7,12H2,1-2H3,(H2,13,14,15). The first kappa shape index (κ1) is 14.7. The summed E-state index contributed by atoms with van der Waals surface area (Å²) < 4.78 is 33.1. The van der Waals surface area contributed by atoms with Crippen LogP contribution in [-0.4, -0.2) is 27.7 Å². The van der Waals surface area contributed by atoms with E-state index >= 15 is 0 Å². The summed E-state index contributed by atoms with van der Waals surface area (Å²) in [5.41, 5.74) is 5.68. The van der Waals surface area contributed by atoms with Crippen LogP contribution in [-0.2, 0) is 14.8 Å². The van der Waals surface area contributed by atoms with Crippen LogP contribution in [0, 0.1) is 0 Å². The molecule has 0 aliphatic heterocycles. The Morgan fingerprint density at radius 1 is 1.39 bits per heavy atom. The van der Waals surface area contributed by atoms with Gasteiger partial charge in [-0.05, 0) is 26.0 Å². The lowest BCUT2D eigenvalue weighted by Crippen LogP contribution is -2.19. The minimum Gasteiger partial charge on any atom is -0.488 e. The van der Waals surface area contributed by atoms with Crippen LogP contribution in [0.15, 0.2) is 23.1 Å². The van der Waals surface area contributed by atoms with Gasteiger partial charge < -0.3 is 15.2 Å². The van der Waals surface area contributed by atoms with Crippen molar-refractivity contribution in [2.24, 2.45) is 5.14 Å². The predicted molar refractivity (Wildman–Crippen MR) is 68.8 cm³/mol. The summed E-state index contributed by atoms with van der Waals surface area (Å²) >= 11 is 0. The Bertz CT molecular complexity index is 502. The van der Waals surface area contributed by atoms with Gasteiger partial charge in [-0.2, -0.15) is 0 Å². The van der Waals surface area contributed by atoms with Gasteiger partial charge in [0.05, 0.1) is 12.3 Å². The Labute approximate surface area is 107 Å². The molecule has 1 aromatic rings. The van der Waals surface area contributed by atoms with Crippen LogP contribution in [0.3, 0.4) is 0 Å². The molecule has 0 fully saturated rings. The molecule has 0 heterocycles. The first-order valence-electron chi connectivity index (χ1n) is 5.51. The van der Waals surface area contributed by atoms with Gasteiger partial charge in [0.15, 0.2) is 0 Å². The van der Waals surface area contributed by atoms with Gasteiger partial charge in [0.2, 0.25) is 10.0 Å². The Hall–Kier alpha value is -1.31. The van der Waals surface area contributed by atoms with E-state index in [1.807, 2.05) is 13.8 Å². The zero-order valence-electron chi connectivity index (χ0n) is 10.4. The summed E-state index contributed by atoms with van der Waals surface area (Å²) in [5.74, 6) is 0.479. The van der Waals surface area contributed by atoms with Gasteiger partial charge in [-0.25, -0.2) is 13.6 Å². The zero-order chi connectivity index (χ0) is 13.8. The number of primary sulfonamides is 1. The third kappa shape index (κ3) is 4.17. The molecule has 0 saturated heterocycles. The second-order valence-electron chi connectivity index (χ2n) is 3.83. The third-order valence-electron chi connectivity index (χ3n) is 2.18. The molecule has 0 spiro atoms. The van der Waals surface area contributed by atoms with Gasteiger partial charge in [0.1, 0.15) is 16.7 Å². The highest BCUT2D eigenvalue weighted by molar-refractivity contribution is 7.89. The molecule has 1 aromatic carbocycles. The van der Waals surface area contributed by atoms with E-state index in [0.29, 0.717) is 19.0 Å². The van der Waals surface area contributed by atoms with E-state index in [9.17, 15) is 8.42 Å². The van der Waals surface area contributed by atoms with Crippen molar-refractivity contribution in [2.75, 3.05) is 18.9 Å². The van der Waals surface area contributed by atoms with Crippen LogP contribution >= 0.6 is 0 Å². The number of ether oxygens (including phenoxy) is 2. The molecular weight excluding hydrogens is 256 g/mol. The summed E-state index contributed by atoms with van der Waals surface area (Å²) in [6.07, 6.45) is -0.148. The smallest absolute Gasteiger partial charge is 0.240 e. The second-order valence-corrected chi connectivity index (χ2v) is 5.36. The fraction of sp³-hybridized carbons (Fsp3) is 0.455. The van der Waals surface area contributed by atoms with Crippen LogP contribution in [0.25, 0.3) is 0 Å². The topological polar surface area (TPSA) is 105 Å². The maximum Gasteiger partial charge on any atom is 0.240 e. The molecule has 1 unspecified atom stereocenters. The van der Waals surface area contributed by atoms with E-state index in [1.165, 1.54) is 18.2 Å². The highest BCUT2D eigenvalue weighted by Gasteiger charge is 2.13. The van der Waals surface area contributed by atoms with Crippen molar-refractivity contribution in [1.29, 1.82) is 0 Å². The molecule has 1 rings (SSSR count). The first-order valence-corrected chi connectivity index (χ1v) is 7.06. The van der Waals surface area contributed by atoms with Crippen molar-refractivity contribution in [3.63, 3.8) is 0 Å². The highest BCUT2D eigenvalue weighted by Crippen LogP contribution is 2.23. The number of hydrogen-bond donors (Lipinski definition) is 2. The summed E-state index contributed by atoms with van der Waals surface area (Å²) in [6.45, 7) is 4.80. The Morgan fingerprint density at radius 2 is 2.06 bits per heavy atom. The maximum atomic E-state index is 11.2. The van der Waals surface area contributed by atoms with E-state index in [-0.39, 0.29) is 16.7 Å². The molecule has 0 bridgehead atoms. The van der Waals surface area contributed by atoms with E-state index in [1.54, 1.807) is 0 Å². The van der Waals surface area contributed by atoms with E-state index in [4.69, 9.17) is 20.3 Å². The Kier molecular flexibility index (Phi) is 4.94. The molecule has 102 valence electrons. The molecule has 18 heavy (non-hydrogen) atoms. The minimum absolute atomic E-state index is 0.0682. The van der Waals surface area contributed by atoms with Crippen LogP contribution in [0.4, 0.5) is 5.69 Å². The van der Waals surface area contributed by atoms with Gasteiger partial charge in [0.25, 0.3) is 0 Å². The number of anilines is 1. The van der Waals surface area contributed by atoms with Crippen LogP contribution < -0.4 is 15.6 Å². The van der Waals surface area contributed by atoms with E-state index in [0.717, 1.165) is 0 Å². The quantitative estimate of drug-likeness (QED) is 0.744. The monoisotopic (exact) mass is 274 g/mol. The SMILES string of the molecule is CCOCC(C)Oc1ccc(S(N)(=O)=O)c(N)c1. The van der Waals surface area contributed by atoms with Crippen molar-refractivity contribution in [2.45, 2.75) is 24.8 Å². The van der Waals surface area contributed by atoms with Crippen molar-refractivity contribution in [3.05, 3.63) is 18.2 Å². The fourth-order valence-electron chi connectivity index (χ4n) is 1.41. The molecule has 0 radical (unpaired) electrons. The number of rotatable bonds is 6. The minimum atomic E-state index is -3.80. The summed E-state index contributed by atoms with van der Waals surface area (Å²) in [6, 6.07) is 4.27. The number of nitrogen functional groups attached to an aromatic ring is 1. The zero-order valence-corrected chi connectivity index (χ0v) is 11.2. The van der Waals surface area contributed by atoms with Crippen molar-refractivity contribution >= 4 is 15.7 Å². The molecule has 0 aromatic heterocycles. The van der Waals surface area contributed by atoms with Crippen molar-refractivity contribution in [1.82, 2.24) is 0 Å². The van der Waals surface area contributed by atoms with Gasteiger partial charge in [-0.15, -0.1) is 0 Å². The van der Waals surface area contributed by atoms with Crippen LogP contribution in [0.5, 0.6) is 5.75 Å². The molecular formula is C11H18N2O4S. The lowest BCUT2D eigenvalue weighted by Gasteiger charge is -2.15. The molecule has 6 nitrogen and oxygen atoms in total. The Morgan fingerprint density at radius 3 is 2.56 bits per heavy atom. The second kappa shape index (κ2) is 6.03. The first-order chi connectivity index (χ1) is 8.34. The number of sulfonamides is 1. The van der Waals surface area contributed by atoms with Crippen molar-refractivity contribution in [3.8, 4) is 5.75 Å². The average Bonchev–Trinajstić information content (AvgIpc) is 2.24. The molecule has 0 aliphatic carbocycles. The average molecular weight is 274 g/mol. The normalized spacial score (nSPS) is 13.3. The molecule has 4 N–H and O–H groups in total.